The molecule has 0 bridgehead atoms. The smallest absolute Gasteiger partial charge is 0.267 e. The standard InChI is InChI=1S/C27H28N4O4S2/c1-16-5-10-23-28-24(29-13-17(2)35-18(3)14-29)21(25(32)30(23)12-16)11-22-26(33)31(27(36)37-22)15-19-6-8-20(34-4)9-7-19/h5-12,17-18H,13-15H2,1-4H3/b22-11+. The number of morpholine rings is 1. The van der Waals surface area contributed by atoms with Gasteiger partial charge < -0.3 is 14.4 Å². The SMILES string of the molecule is COc1ccc(CN2C(=O)/C(=C\c3c(N4CC(C)OC(C)C4)nc4ccc(C)cn4c3=O)SC2=S)cc1. The zero-order chi connectivity index (χ0) is 26.3. The Labute approximate surface area is 224 Å². The summed E-state index contributed by atoms with van der Waals surface area (Å²) in [6.07, 6.45) is 3.39. The third-order valence-electron chi connectivity index (χ3n) is 6.35. The summed E-state index contributed by atoms with van der Waals surface area (Å²) in [4.78, 5) is 36.1. The van der Waals surface area contributed by atoms with E-state index < -0.39 is 0 Å². The number of amides is 1. The molecule has 10 heteroatoms. The van der Waals surface area contributed by atoms with Crippen molar-refractivity contribution in [3.8, 4) is 5.75 Å². The van der Waals surface area contributed by atoms with Crippen molar-refractivity contribution in [2.45, 2.75) is 39.5 Å². The lowest BCUT2D eigenvalue weighted by Crippen LogP contribution is -2.46. The Kier molecular flexibility index (Phi) is 7.06. The van der Waals surface area contributed by atoms with Crippen molar-refractivity contribution < 1.29 is 14.3 Å². The molecule has 2 aromatic heterocycles. The zero-order valence-corrected chi connectivity index (χ0v) is 22.8. The maximum atomic E-state index is 13.8. The third-order valence-corrected chi connectivity index (χ3v) is 7.73. The molecule has 37 heavy (non-hydrogen) atoms. The fraction of sp³-hybridized carbons (Fsp3) is 0.333. The van der Waals surface area contributed by atoms with E-state index in [9.17, 15) is 9.59 Å². The first kappa shape index (κ1) is 25.4. The predicted molar refractivity (Wildman–Crippen MR) is 150 cm³/mol. The van der Waals surface area contributed by atoms with Gasteiger partial charge in [0.15, 0.2) is 0 Å². The summed E-state index contributed by atoms with van der Waals surface area (Å²) in [5, 5.41) is 0. The summed E-state index contributed by atoms with van der Waals surface area (Å²) >= 11 is 6.75. The number of methoxy groups -OCH3 is 1. The molecule has 3 aromatic rings. The molecule has 2 atom stereocenters. The number of fused-ring (bicyclic) bond motifs is 1. The molecule has 2 aliphatic heterocycles. The molecule has 4 heterocycles. The number of hydrogen-bond donors (Lipinski definition) is 0. The molecule has 0 radical (unpaired) electrons. The van der Waals surface area contributed by atoms with Crippen molar-refractivity contribution in [3.05, 3.63) is 74.5 Å². The van der Waals surface area contributed by atoms with E-state index in [4.69, 9.17) is 26.7 Å². The van der Waals surface area contributed by atoms with Gasteiger partial charge in [0.1, 0.15) is 21.5 Å². The second-order valence-corrected chi connectivity index (χ2v) is 11.0. The largest absolute Gasteiger partial charge is 0.497 e. The van der Waals surface area contributed by atoms with Gasteiger partial charge >= 0.3 is 0 Å². The molecule has 8 nitrogen and oxygen atoms in total. The molecule has 2 unspecified atom stereocenters. The van der Waals surface area contributed by atoms with Crippen LogP contribution >= 0.6 is 24.0 Å². The highest BCUT2D eigenvalue weighted by Gasteiger charge is 2.33. The molecule has 1 amide bonds. The normalized spacial score (nSPS) is 21.4. The summed E-state index contributed by atoms with van der Waals surface area (Å²) in [7, 11) is 1.61. The van der Waals surface area contributed by atoms with Gasteiger partial charge in [-0.05, 0) is 56.2 Å². The number of nitrogens with zero attached hydrogens (tertiary/aromatic N) is 4. The van der Waals surface area contributed by atoms with Crippen molar-refractivity contribution in [1.82, 2.24) is 14.3 Å². The van der Waals surface area contributed by atoms with E-state index in [0.29, 0.717) is 45.9 Å². The number of thiocarbonyl (C=S) groups is 1. The van der Waals surface area contributed by atoms with Crippen LogP contribution in [0.15, 0.2) is 52.3 Å². The molecule has 192 valence electrons. The number of aryl methyl sites for hydroxylation is 1. The number of thioether (sulfide) groups is 1. The van der Waals surface area contributed by atoms with Crippen molar-refractivity contribution in [3.63, 3.8) is 0 Å². The molecule has 0 saturated carbocycles. The molecular weight excluding hydrogens is 508 g/mol. The Bertz CT molecular complexity index is 1460. The van der Waals surface area contributed by atoms with E-state index >= 15 is 0 Å². The first-order valence-corrected chi connectivity index (χ1v) is 13.3. The number of aromatic nitrogens is 2. The van der Waals surface area contributed by atoms with Gasteiger partial charge in [-0.3, -0.25) is 18.9 Å². The summed E-state index contributed by atoms with van der Waals surface area (Å²) in [6, 6.07) is 11.3. The van der Waals surface area contributed by atoms with Crippen LogP contribution in [0.4, 0.5) is 5.82 Å². The highest BCUT2D eigenvalue weighted by molar-refractivity contribution is 8.26. The monoisotopic (exact) mass is 536 g/mol. The summed E-state index contributed by atoms with van der Waals surface area (Å²) in [5.41, 5.74) is 2.57. The van der Waals surface area contributed by atoms with Crippen LogP contribution in [-0.4, -0.2) is 56.9 Å². The van der Waals surface area contributed by atoms with Crippen molar-refractivity contribution in [2.24, 2.45) is 0 Å². The highest BCUT2D eigenvalue weighted by Crippen LogP contribution is 2.35. The molecule has 0 aliphatic carbocycles. The summed E-state index contributed by atoms with van der Waals surface area (Å²) in [6.45, 7) is 7.46. The first-order chi connectivity index (χ1) is 17.7. The fourth-order valence-electron chi connectivity index (χ4n) is 4.65. The van der Waals surface area contributed by atoms with E-state index in [1.807, 2.05) is 57.2 Å². The minimum atomic E-state index is -0.228. The van der Waals surface area contributed by atoms with Crippen LogP contribution in [0.1, 0.15) is 30.5 Å². The molecule has 2 saturated heterocycles. The molecule has 2 aliphatic rings. The van der Waals surface area contributed by atoms with Crippen LogP contribution in [0.5, 0.6) is 5.75 Å². The quantitative estimate of drug-likeness (QED) is 0.358. The van der Waals surface area contributed by atoms with Gasteiger partial charge in [0.25, 0.3) is 11.5 Å². The molecule has 1 aromatic carbocycles. The second kappa shape index (κ2) is 10.3. The summed E-state index contributed by atoms with van der Waals surface area (Å²) < 4.78 is 13.1. The molecular formula is C27H28N4O4S2. The first-order valence-electron chi connectivity index (χ1n) is 12.0. The van der Waals surface area contributed by atoms with Gasteiger partial charge in [-0.2, -0.15) is 0 Å². The minimum Gasteiger partial charge on any atom is -0.497 e. The number of ether oxygens (including phenoxy) is 2. The lowest BCUT2D eigenvalue weighted by Gasteiger charge is -2.36. The minimum absolute atomic E-state index is 0.0161. The number of carbonyl (C=O) groups is 1. The van der Waals surface area contributed by atoms with Crippen LogP contribution in [0.3, 0.4) is 0 Å². The maximum absolute atomic E-state index is 13.8. The van der Waals surface area contributed by atoms with E-state index in [1.165, 1.54) is 16.2 Å². The second-order valence-electron chi connectivity index (χ2n) is 9.37. The van der Waals surface area contributed by atoms with Crippen LogP contribution in [0.2, 0.25) is 0 Å². The fourth-order valence-corrected chi connectivity index (χ4v) is 5.88. The predicted octanol–water partition coefficient (Wildman–Crippen LogP) is 4.03. The number of rotatable bonds is 5. The van der Waals surface area contributed by atoms with Crippen molar-refractivity contribution in [2.75, 3.05) is 25.1 Å². The van der Waals surface area contributed by atoms with Crippen molar-refractivity contribution >= 4 is 51.7 Å². The van der Waals surface area contributed by atoms with Gasteiger partial charge in [0.05, 0.1) is 36.3 Å². The third kappa shape index (κ3) is 5.14. The van der Waals surface area contributed by atoms with Crippen LogP contribution < -0.4 is 15.2 Å². The number of anilines is 1. The van der Waals surface area contributed by atoms with E-state index in [0.717, 1.165) is 16.9 Å². The van der Waals surface area contributed by atoms with E-state index in [2.05, 4.69) is 4.90 Å². The number of pyridine rings is 1. The molecule has 5 rings (SSSR count). The van der Waals surface area contributed by atoms with E-state index in [-0.39, 0.29) is 23.7 Å². The Hall–Kier alpha value is -3.21. The Balaban J connectivity index is 1.55. The Morgan fingerprint density at radius 3 is 2.51 bits per heavy atom. The van der Waals surface area contributed by atoms with Gasteiger partial charge in [-0.1, -0.05) is 42.2 Å². The van der Waals surface area contributed by atoms with E-state index in [1.54, 1.807) is 24.3 Å². The molecule has 0 N–H and O–H groups in total. The number of carbonyl (C=O) groups excluding carboxylic acids is 1. The van der Waals surface area contributed by atoms with Gasteiger partial charge in [-0.15, -0.1) is 0 Å². The van der Waals surface area contributed by atoms with Crippen LogP contribution in [-0.2, 0) is 16.1 Å². The van der Waals surface area contributed by atoms with Gasteiger partial charge in [0.2, 0.25) is 0 Å². The number of benzene rings is 1. The topological polar surface area (TPSA) is 76.4 Å². The van der Waals surface area contributed by atoms with Gasteiger partial charge in [-0.25, -0.2) is 4.98 Å². The average Bonchev–Trinajstić information content (AvgIpc) is 3.13. The van der Waals surface area contributed by atoms with Gasteiger partial charge in [0, 0.05) is 19.3 Å². The highest BCUT2D eigenvalue weighted by atomic mass is 32.2. The Morgan fingerprint density at radius 2 is 1.84 bits per heavy atom. The number of hydrogen-bond acceptors (Lipinski definition) is 8. The van der Waals surface area contributed by atoms with Crippen LogP contribution in [0.25, 0.3) is 11.7 Å². The van der Waals surface area contributed by atoms with Crippen LogP contribution in [0, 0.1) is 6.92 Å². The lowest BCUT2D eigenvalue weighted by atomic mass is 10.1. The maximum Gasteiger partial charge on any atom is 0.267 e. The zero-order valence-electron chi connectivity index (χ0n) is 21.1. The Morgan fingerprint density at radius 1 is 1.14 bits per heavy atom. The molecule has 2 fully saturated rings. The lowest BCUT2D eigenvalue weighted by molar-refractivity contribution is -0.122. The van der Waals surface area contributed by atoms with Crippen molar-refractivity contribution in [1.29, 1.82) is 0 Å². The molecule has 0 spiro atoms. The summed E-state index contributed by atoms with van der Waals surface area (Å²) in [5.74, 6) is 1.07. The average molecular weight is 537 g/mol.